The van der Waals surface area contributed by atoms with E-state index >= 15 is 0 Å². The summed E-state index contributed by atoms with van der Waals surface area (Å²) in [4.78, 5) is 2.59. The standard InChI is InChI=1S/C14H29NO/c1-6-9-15(11(2)3)13-10-12(16)7-8-14(13,4)5/h11-13,16H,6-10H2,1-5H3. The van der Waals surface area contributed by atoms with Crippen molar-refractivity contribution in [3.05, 3.63) is 0 Å². The molecule has 2 nitrogen and oxygen atoms in total. The Morgan fingerprint density at radius 3 is 2.50 bits per heavy atom. The van der Waals surface area contributed by atoms with E-state index in [-0.39, 0.29) is 6.10 Å². The molecule has 2 atom stereocenters. The van der Waals surface area contributed by atoms with Gasteiger partial charge in [-0.05, 0) is 51.5 Å². The van der Waals surface area contributed by atoms with E-state index in [0.717, 1.165) is 25.8 Å². The Morgan fingerprint density at radius 1 is 1.38 bits per heavy atom. The molecule has 0 bridgehead atoms. The minimum atomic E-state index is -0.0869. The molecule has 1 rings (SSSR count). The van der Waals surface area contributed by atoms with Gasteiger partial charge in [-0.3, -0.25) is 4.90 Å². The van der Waals surface area contributed by atoms with Crippen LogP contribution < -0.4 is 0 Å². The Labute approximate surface area is 101 Å². The van der Waals surface area contributed by atoms with Gasteiger partial charge in [0.1, 0.15) is 0 Å². The Hall–Kier alpha value is -0.0800. The van der Waals surface area contributed by atoms with E-state index in [2.05, 4.69) is 39.5 Å². The fraction of sp³-hybridized carbons (Fsp3) is 1.00. The summed E-state index contributed by atoms with van der Waals surface area (Å²) in [5.41, 5.74) is 0.346. The summed E-state index contributed by atoms with van der Waals surface area (Å²) in [5, 5.41) is 9.88. The van der Waals surface area contributed by atoms with Crippen LogP contribution in [0, 0.1) is 5.41 Å². The Kier molecular flexibility index (Phi) is 4.81. The molecule has 0 heterocycles. The summed E-state index contributed by atoms with van der Waals surface area (Å²) < 4.78 is 0. The zero-order chi connectivity index (χ0) is 12.3. The lowest BCUT2D eigenvalue weighted by Crippen LogP contribution is -2.52. The Bertz CT molecular complexity index is 213. The van der Waals surface area contributed by atoms with Crippen LogP contribution >= 0.6 is 0 Å². The van der Waals surface area contributed by atoms with Gasteiger partial charge in [0.2, 0.25) is 0 Å². The van der Waals surface area contributed by atoms with Crippen LogP contribution in [0.2, 0.25) is 0 Å². The topological polar surface area (TPSA) is 23.5 Å². The first-order chi connectivity index (χ1) is 7.38. The van der Waals surface area contributed by atoms with E-state index in [1.54, 1.807) is 0 Å². The third-order valence-corrected chi connectivity index (χ3v) is 4.06. The van der Waals surface area contributed by atoms with Crippen molar-refractivity contribution in [2.24, 2.45) is 5.41 Å². The number of hydrogen-bond acceptors (Lipinski definition) is 2. The highest BCUT2D eigenvalue weighted by atomic mass is 16.3. The molecule has 2 unspecified atom stereocenters. The summed E-state index contributed by atoms with van der Waals surface area (Å²) in [7, 11) is 0. The van der Waals surface area contributed by atoms with Crippen LogP contribution in [-0.4, -0.2) is 34.7 Å². The highest BCUT2D eigenvalue weighted by Crippen LogP contribution is 2.39. The fourth-order valence-corrected chi connectivity index (χ4v) is 3.02. The highest BCUT2D eigenvalue weighted by molar-refractivity contribution is 4.93. The predicted octanol–water partition coefficient (Wildman–Crippen LogP) is 3.05. The minimum absolute atomic E-state index is 0.0869. The van der Waals surface area contributed by atoms with Crippen LogP contribution in [0.1, 0.15) is 60.3 Å². The van der Waals surface area contributed by atoms with Crippen LogP contribution in [0.3, 0.4) is 0 Å². The summed E-state index contributed by atoms with van der Waals surface area (Å²) >= 11 is 0. The monoisotopic (exact) mass is 227 g/mol. The number of hydrogen-bond donors (Lipinski definition) is 1. The molecule has 0 aliphatic heterocycles. The summed E-state index contributed by atoms with van der Waals surface area (Å²) in [5.74, 6) is 0. The summed E-state index contributed by atoms with van der Waals surface area (Å²) in [6.07, 6.45) is 4.18. The molecule has 1 aliphatic carbocycles. The van der Waals surface area contributed by atoms with E-state index in [1.165, 1.54) is 6.42 Å². The van der Waals surface area contributed by atoms with Gasteiger partial charge in [0.25, 0.3) is 0 Å². The molecule has 0 radical (unpaired) electrons. The number of aliphatic hydroxyl groups excluding tert-OH is 1. The van der Waals surface area contributed by atoms with Gasteiger partial charge < -0.3 is 5.11 Å². The van der Waals surface area contributed by atoms with Gasteiger partial charge in [-0.25, -0.2) is 0 Å². The van der Waals surface area contributed by atoms with Crippen molar-refractivity contribution >= 4 is 0 Å². The molecule has 0 spiro atoms. The van der Waals surface area contributed by atoms with Gasteiger partial charge in [0.15, 0.2) is 0 Å². The first-order valence-corrected chi connectivity index (χ1v) is 6.82. The smallest absolute Gasteiger partial charge is 0.0555 e. The third-order valence-electron chi connectivity index (χ3n) is 4.06. The van der Waals surface area contributed by atoms with Gasteiger partial charge in [-0.2, -0.15) is 0 Å². The van der Waals surface area contributed by atoms with Crippen LogP contribution in [0.15, 0.2) is 0 Å². The molecule has 1 fully saturated rings. The van der Waals surface area contributed by atoms with Crippen molar-refractivity contribution in [1.29, 1.82) is 0 Å². The molecular weight excluding hydrogens is 198 g/mol. The molecule has 0 aromatic carbocycles. The lowest BCUT2D eigenvalue weighted by atomic mass is 9.71. The lowest BCUT2D eigenvalue weighted by molar-refractivity contribution is -0.0239. The summed E-state index contributed by atoms with van der Waals surface area (Å²) in [6.45, 7) is 12.6. The van der Waals surface area contributed by atoms with Crippen molar-refractivity contribution in [3.8, 4) is 0 Å². The molecule has 0 amide bonds. The first kappa shape index (κ1) is 14.0. The molecule has 16 heavy (non-hydrogen) atoms. The maximum Gasteiger partial charge on any atom is 0.0555 e. The van der Waals surface area contributed by atoms with E-state index < -0.39 is 0 Å². The average Bonchev–Trinajstić information content (AvgIpc) is 2.18. The van der Waals surface area contributed by atoms with Crippen molar-refractivity contribution in [2.75, 3.05) is 6.54 Å². The van der Waals surface area contributed by atoms with Crippen molar-refractivity contribution in [1.82, 2.24) is 4.90 Å². The Balaban J connectivity index is 2.78. The largest absolute Gasteiger partial charge is 0.393 e. The second-order valence-electron chi connectivity index (χ2n) is 6.26. The zero-order valence-corrected chi connectivity index (χ0v) is 11.7. The summed E-state index contributed by atoms with van der Waals surface area (Å²) in [6, 6.07) is 1.12. The van der Waals surface area contributed by atoms with E-state index in [9.17, 15) is 5.11 Å². The normalized spacial score (nSPS) is 30.0. The highest BCUT2D eigenvalue weighted by Gasteiger charge is 2.39. The SMILES string of the molecule is CCCN(C(C)C)C1CC(O)CCC1(C)C. The van der Waals surface area contributed by atoms with Crippen LogP contribution in [0.5, 0.6) is 0 Å². The van der Waals surface area contributed by atoms with Crippen molar-refractivity contribution < 1.29 is 5.11 Å². The average molecular weight is 227 g/mol. The third kappa shape index (κ3) is 3.21. The number of rotatable bonds is 4. The second kappa shape index (κ2) is 5.50. The molecular formula is C14H29NO. The van der Waals surface area contributed by atoms with Crippen LogP contribution in [0.4, 0.5) is 0 Å². The molecule has 96 valence electrons. The molecule has 1 aliphatic rings. The van der Waals surface area contributed by atoms with Gasteiger partial charge in [0, 0.05) is 12.1 Å². The lowest BCUT2D eigenvalue weighted by Gasteiger charge is -2.48. The fourth-order valence-electron chi connectivity index (χ4n) is 3.02. The van der Waals surface area contributed by atoms with Crippen LogP contribution in [0.25, 0.3) is 0 Å². The molecule has 2 heteroatoms. The molecule has 0 saturated heterocycles. The van der Waals surface area contributed by atoms with Gasteiger partial charge >= 0.3 is 0 Å². The van der Waals surface area contributed by atoms with E-state index in [1.807, 2.05) is 0 Å². The maximum atomic E-state index is 9.88. The molecule has 1 N–H and O–H groups in total. The van der Waals surface area contributed by atoms with Gasteiger partial charge in [-0.15, -0.1) is 0 Å². The first-order valence-electron chi connectivity index (χ1n) is 6.82. The van der Waals surface area contributed by atoms with E-state index in [0.29, 0.717) is 17.5 Å². The molecule has 0 aromatic heterocycles. The number of nitrogens with zero attached hydrogens (tertiary/aromatic N) is 1. The van der Waals surface area contributed by atoms with Crippen LogP contribution in [-0.2, 0) is 0 Å². The molecule has 1 saturated carbocycles. The molecule has 0 aromatic rings. The van der Waals surface area contributed by atoms with Crippen molar-refractivity contribution in [3.63, 3.8) is 0 Å². The van der Waals surface area contributed by atoms with E-state index in [4.69, 9.17) is 0 Å². The zero-order valence-electron chi connectivity index (χ0n) is 11.7. The maximum absolute atomic E-state index is 9.88. The Morgan fingerprint density at radius 2 is 2.00 bits per heavy atom. The second-order valence-corrected chi connectivity index (χ2v) is 6.26. The van der Waals surface area contributed by atoms with Crippen molar-refractivity contribution in [2.45, 2.75) is 78.5 Å². The minimum Gasteiger partial charge on any atom is -0.393 e. The predicted molar refractivity (Wildman–Crippen MR) is 69.6 cm³/mol. The van der Waals surface area contributed by atoms with Gasteiger partial charge in [0.05, 0.1) is 6.10 Å². The van der Waals surface area contributed by atoms with Gasteiger partial charge in [-0.1, -0.05) is 20.8 Å². The quantitative estimate of drug-likeness (QED) is 0.798. The number of aliphatic hydroxyl groups is 1.